The van der Waals surface area contributed by atoms with Crippen molar-refractivity contribution in [3.8, 4) is 0 Å². The summed E-state index contributed by atoms with van der Waals surface area (Å²) in [5, 5.41) is 0. The SMILES string of the molecule is Nc1ccc(C=CCC=O)cc1Br. The number of hydrogen-bond donors (Lipinski definition) is 1. The molecule has 1 aromatic carbocycles. The van der Waals surface area contributed by atoms with Gasteiger partial charge in [-0.05, 0) is 33.6 Å². The van der Waals surface area contributed by atoms with Crippen molar-refractivity contribution in [1.82, 2.24) is 0 Å². The van der Waals surface area contributed by atoms with Crippen molar-refractivity contribution in [3.05, 3.63) is 34.3 Å². The second-order valence-electron chi connectivity index (χ2n) is 2.59. The van der Waals surface area contributed by atoms with Crippen molar-refractivity contribution in [2.45, 2.75) is 6.42 Å². The van der Waals surface area contributed by atoms with Crippen LogP contribution in [0.15, 0.2) is 28.7 Å². The van der Waals surface area contributed by atoms with E-state index in [4.69, 9.17) is 5.73 Å². The van der Waals surface area contributed by atoms with Crippen LogP contribution in [0.1, 0.15) is 12.0 Å². The summed E-state index contributed by atoms with van der Waals surface area (Å²) in [5.74, 6) is 0. The molecule has 0 radical (unpaired) electrons. The minimum atomic E-state index is 0.446. The predicted molar refractivity (Wildman–Crippen MR) is 58.3 cm³/mol. The van der Waals surface area contributed by atoms with E-state index < -0.39 is 0 Å². The summed E-state index contributed by atoms with van der Waals surface area (Å²) < 4.78 is 0.876. The Kier molecular flexibility index (Phi) is 3.71. The number of carbonyl (C=O) groups excluding carboxylic acids is 1. The lowest BCUT2D eigenvalue weighted by atomic mass is 10.2. The van der Waals surface area contributed by atoms with Crippen LogP contribution in [0.2, 0.25) is 0 Å². The van der Waals surface area contributed by atoms with Gasteiger partial charge in [0.05, 0.1) is 0 Å². The molecule has 3 heteroatoms. The van der Waals surface area contributed by atoms with Gasteiger partial charge in [0.2, 0.25) is 0 Å². The Morgan fingerprint density at radius 1 is 1.46 bits per heavy atom. The van der Waals surface area contributed by atoms with Gasteiger partial charge in [0.15, 0.2) is 0 Å². The highest BCUT2D eigenvalue weighted by molar-refractivity contribution is 9.10. The topological polar surface area (TPSA) is 43.1 Å². The van der Waals surface area contributed by atoms with E-state index in [1.165, 1.54) is 0 Å². The number of hydrogen-bond acceptors (Lipinski definition) is 2. The van der Waals surface area contributed by atoms with Crippen LogP contribution in [0.4, 0.5) is 5.69 Å². The van der Waals surface area contributed by atoms with Gasteiger partial charge in [0.25, 0.3) is 0 Å². The zero-order chi connectivity index (χ0) is 9.68. The van der Waals surface area contributed by atoms with E-state index in [2.05, 4.69) is 15.9 Å². The largest absolute Gasteiger partial charge is 0.398 e. The Morgan fingerprint density at radius 3 is 2.85 bits per heavy atom. The Labute approximate surface area is 85.6 Å². The van der Waals surface area contributed by atoms with Gasteiger partial charge in [-0.3, -0.25) is 0 Å². The second kappa shape index (κ2) is 4.82. The molecule has 68 valence electrons. The standard InChI is InChI=1S/C10H10BrNO/c11-9-7-8(3-1-2-6-13)4-5-10(9)12/h1,3-7H,2,12H2. The maximum Gasteiger partial charge on any atom is 0.123 e. The summed E-state index contributed by atoms with van der Waals surface area (Å²) in [7, 11) is 0. The molecule has 0 saturated heterocycles. The summed E-state index contributed by atoms with van der Waals surface area (Å²) in [5.41, 5.74) is 7.36. The summed E-state index contributed by atoms with van der Waals surface area (Å²) in [6.45, 7) is 0. The van der Waals surface area contributed by atoms with Crippen LogP contribution in [-0.4, -0.2) is 6.29 Å². The number of anilines is 1. The monoisotopic (exact) mass is 239 g/mol. The third kappa shape index (κ3) is 3.03. The van der Waals surface area contributed by atoms with Gasteiger partial charge in [-0.2, -0.15) is 0 Å². The average Bonchev–Trinajstić information content (AvgIpc) is 2.12. The molecule has 0 aromatic heterocycles. The van der Waals surface area contributed by atoms with Crippen molar-refractivity contribution in [2.75, 3.05) is 5.73 Å². The first-order chi connectivity index (χ1) is 6.24. The van der Waals surface area contributed by atoms with E-state index in [9.17, 15) is 4.79 Å². The highest BCUT2D eigenvalue weighted by atomic mass is 79.9. The van der Waals surface area contributed by atoms with Crippen molar-refractivity contribution in [2.24, 2.45) is 0 Å². The first-order valence-corrected chi connectivity index (χ1v) is 4.68. The van der Waals surface area contributed by atoms with E-state index in [0.717, 1.165) is 16.3 Å². The maximum absolute atomic E-state index is 10.0. The Bertz CT molecular complexity index is 334. The van der Waals surface area contributed by atoms with E-state index in [1.807, 2.05) is 30.4 Å². The zero-order valence-corrected chi connectivity index (χ0v) is 8.62. The maximum atomic E-state index is 10.0. The predicted octanol–water partition coefficient (Wildman–Crippen LogP) is 2.63. The first kappa shape index (κ1) is 9.99. The quantitative estimate of drug-likeness (QED) is 0.651. The molecule has 0 aliphatic rings. The van der Waals surface area contributed by atoms with Crippen molar-refractivity contribution < 1.29 is 4.79 Å². The van der Waals surface area contributed by atoms with Crippen LogP contribution in [-0.2, 0) is 4.79 Å². The number of nitrogen functional groups attached to an aromatic ring is 1. The molecule has 0 amide bonds. The first-order valence-electron chi connectivity index (χ1n) is 3.89. The summed E-state index contributed by atoms with van der Waals surface area (Å²) in [6, 6.07) is 5.64. The lowest BCUT2D eigenvalue weighted by molar-refractivity contribution is -0.107. The van der Waals surface area contributed by atoms with Crippen LogP contribution in [0, 0.1) is 0 Å². The molecular weight excluding hydrogens is 230 g/mol. The average molecular weight is 240 g/mol. The second-order valence-corrected chi connectivity index (χ2v) is 3.44. The molecular formula is C10H10BrNO. The van der Waals surface area contributed by atoms with Gasteiger partial charge < -0.3 is 10.5 Å². The molecule has 1 rings (SSSR count). The van der Waals surface area contributed by atoms with Crippen LogP contribution >= 0.6 is 15.9 Å². The molecule has 0 heterocycles. The number of aldehydes is 1. The van der Waals surface area contributed by atoms with Gasteiger partial charge in [-0.1, -0.05) is 18.2 Å². The Morgan fingerprint density at radius 2 is 2.23 bits per heavy atom. The minimum absolute atomic E-state index is 0.446. The molecule has 0 unspecified atom stereocenters. The number of allylic oxidation sites excluding steroid dienone is 1. The Balaban J connectivity index is 2.79. The smallest absolute Gasteiger partial charge is 0.123 e. The molecule has 0 bridgehead atoms. The summed E-state index contributed by atoms with van der Waals surface area (Å²) >= 11 is 3.33. The number of nitrogens with two attached hydrogens (primary N) is 1. The van der Waals surface area contributed by atoms with Gasteiger partial charge in [-0.15, -0.1) is 0 Å². The summed E-state index contributed by atoms with van der Waals surface area (Å²) in [6.07, 6.45) is 5.01. The van der Waals surface area contributed by atoms with Gasteiger partial charge >= 0.3 is 0 Å². The fourth-order valence-electron chi connectivity index (χ4n) is 0.907. The van der Waals surface area contributed by atoms with Crippen LogP contribution in [0.5, 0.6) is 0 Å². The number of carbonyl (C=O) groups is 1. The Hall–Kier alpha value is -1.09. The van der Waals surface area contributed by atoms with Gasteiger partial charge in [-0.25, -0.2) is 0 Å². The molecule has 0 spiro atoms. The molecule has 13 heavy (non-hydrogen) atoms. The van der Waals surface area contributed by atoms with Gasteiger partial charge in [0, 0.05) is 16.6 Å². The number of benzene rings is 1. The van der Waals surface area contributed by atoms with Crippen molar-refractivity contribution >= 4 is 34.0 Å². The molecule has 0 fully saturated rings. The molecule has 0 atom stereocenters. The van der Waals surface area contributed by atoms with Crippen LogP contribution < -0.4 is 5.73 Å². The molecule has 2 N–H and O–H groups in total. The summed E-state index contributed by atoms with van der Waals surface area (Å²) in [4.78, 5) is 10.0. The molecule has 0 saturated carbocycles. The van der Waals surface area contributed by atoms with Crippen LogP contribution in [0.3, 0.4) is 0 Å². The lowest BCUT2D eigenvalue weighted by Crippen LogP contribution is -1.85. The van der Waals surface area contributed by atoms with Crippen molar-refractivity contribution in [1.29, 1.82) is 0 Å². The van der Waals surface area contributed by atoms with Gasteiger partial charge in [0.1, 0.15) is 6.29 Å². The zero-order valence-electron chi connectivity index (χ0n) is 7.03. The lowest BCUT2D eigenvalue weighted by Gasteiger charge is -1.98. The highest BCUT2D eigenvalue weighted by Gasteiger charge is 1.94. The van der Waals surface area contributed by atoms with E-state index in [1.54, 1.807) is 0 Å². The fraction of sp³-hybridized carbons (Fsp3) is 0.100. The molecule has 1 aromatic rings. The molecule has 0 aliphatic carbocycles. The molecule has 0 aliphatic heterocycles. The van der Waals surface area contributed by atoms with E-state index in [0.29, 0.717) is 12.1 Å². The number of rotatable bonds is 3. The fourth-order valence-corrected chi connectivity index (χ4v) is 1.30. The van der Waals surface area contributed by atoms with E-state index >= 15 is 0 Å². The third-order valence-electron chi connectivity index (χ3n) is 1.57. The third-order valence-corrected chi connectivity index (χ3v) is 2.25. The molecule has 2 nitrogen and oxygen atoms in total. The number of halogens is 1. The normalized spacial score (nSPS) is 10.5. The van der Waals surface area contributed by atoms with E-state index in [-0.39, 0.29) is 0 Å². The highest BCUT2D eigenvalue weighted by Crippen LogP contribution is 2.20. The van der Waals surface area contributed by atoms with Crippen LogP contribution in [0.25, 0.3) is 6.08 Å². The minimum Gasteiger partial charge on any atom is -0.398 e. The van der Waals surface area contributed by atoms with Crippen molar-refractivity contribution in [3.63, 3.8) is 0 Å².